The van der Waals surface area contributed by atoms with E-state index in [1.165, 1.54) is 0 Å². The maximum atomic E-state index is 12.5. The quantitative estimate of drug-likeness (QED) is 0.761. The molecule has 0 aromatic heterocycles. The van der Waals surface area contributed by atoms with Gasteiger partial charge in [0.15, 0.2) is 6.10 Å². The Labute approximate surface area is 160 Å². The summed E-state index contributed by atoms with van der Waals surface area (Å²) in [5.74, 6) is 0.413. The molecule has 2 N–H and O–H groups in total. The lowest BCUT2D eigenvalue weighted by Gasteiger charge is -2.15. The second-order valence-corrected chi connectivity index (χ2v) is 8.69. The van der Waals surface area contributed by atoms with Crippen LogP contribution in [0.2, 0.25) is 0 Å². The van der Waals surface area contributed by atoms with Crippen LogP contribution in [0.1, 0.15) is 30.5 Å². The van der Waals surface area contributed by atoms with Gasteiger partial charge < -0.3 is 10.1 Å². The third kappa shape index (κ3) is 5.08. The number of ether oxygens (including phenoxy) is 1. The highest BCUT2D eigenvalue weighted by Crippen LogP contribution is 2.28. The molecule has 2 aromatic carbocycles. The topological polar surface area (TPSA) is 84.5 Å². The van der Waals surface area contributed by atoms with Crippen molar-refractivity contribution in [3.63, 3.8) is 0 Å². The SMILES string of the molecule is CC(C)NS(=O)(=O)Cc1ccccc1CNC(=O)C1Cc2ccccc2O1. The molecule has 0 saturated carbocycles. The van der Waals surface area contributed by atoms with E-state index in [-0.39, 0.29) is 24.2 Å². The smallest absolute Gasteiger partial charge is 0.261 e. The third-order valence-corrected chi connectivity index (χ3v) is 5.79. The molecule has 0 fully saturated rings. The van der Waals surface area contributed by atoms with Gasteiger partial charge in [-0.3, -0.25) is 4.79 Å². The standard InChI is InChI=1S/C20H24N2O4S/c1-14(2)22-27(24,25)13-17-9-4-3-8-16(17)12-21-20(23)19-11-15-7-5-6-10-18(15)26-19/h3-10,14,19,22H,11-13H2,1-2H3,(H,21,23). The van der Waals surface area contributed by atoms with Gasteiger partial charge in [0.2, 0.25) is 10.0 Å². The van der Waals surface area contributed by atoms with Crippen LogP contribution in [0, 0.1) is 0 Å². The molecule has 0 saturated heterocycles. The summed E-state index contributed by atoms with van der Waals surface area (Å²) in [5.41, 5.74) is 2.46. The largest absolute Gasteiger partial charge is 0.480 e. The van der Waals surface area contributed by atoms with Gasteiger partial charge >= 0.3 is 0 Å². The summed E-state index contributed by atoms with van der Waals surface area (Å²) in [7, 11) is -3.43. The van der Waals surface area contributed by atoms with Crippen LogP contribution in [-0.2, 0) is 33.5 Å². The average molecular weight is 388 g/mol. The van der Waals surface area contributed by atoms with E-state index in [0.717, 1.165) is 16.9 Å². The molecule has 6 nitrogen and oxygen atoms in total. The molecule has 7 heteroatoms. The fraction of sp³-hybridized carbons (Fsp3) is 0.350. The van der Waals surface area contributed by atoms with Crippen molar-refractivity contribution < 1.29 is 17.9 Å². The summed E-state index contributed by atoms with van der Waals surface area (Å²) in [6.45, 7) is 3.81. The predicted molar refractivity (Wildman–Crippen MR) is 104 cm³/mol. The molecule has 1 unspecified atom stereocenters. The number of hydrogen-bond acceptors (Lipinski definition) is 4. The van der Waals surface area contributed by atoms with Crippen LogP contribution in [0.4, 0.5) is 0 Å². The Kier molecular flexibility index (Phi) is 5.82. The van der Waals surface area contributed by atoms with Crippen LogP contribution in [0.15, 0.2) is 48.5 Å². The van der Waals surface area contributed by atoms with Crippen LogP contribution in [0.25, 0.3) is 0 Å². The first kappa shape index (κ1) is 19.4. The molecule has 1 heterocycles. The lowest BCUT2D eigenvalue weighted by atomic mass is 10.1. The first-order valence-electron chi connectivity index (χ1n) is 8.93. The summed E-state index contributed by atoms with van der Waals surface area (Å²) in [5, 5.41) is 2.86. The Morgan fingerprint density at radius 3 is 2.48 bits per heavy atom. The van der Waals surface area contributed by atoms with Gasteiger partial charge in [-0.25, -0.2) is 13.1 Å². The molecule has 0 spiro atoms. The van der Waals surface area contributed by atoms with E-state index in [0.29, 0.717) is 12.0 Å². The Balaban J connectivity index is 1.63. The van der Waals surface area contributed by atoms with E-state index in [1.807, 2.05) is 36.4 Å². The van der Waals surface area contributed by atoms with Gasteiger partial charge in [-0.2, -0.15) is 0 Å². The van der Waals surface area contributed by atoms with Crippen molar-refractivity contribution in [2.75, 3.05) is 0 Å². The summed E-state index contributed by atoms with van der Waals surface area (Å²) in [6, 6.07) is 14.6. The second-order valence-electron chi connectivity index (χ2n) is 6.94. The van der Waals surface area contributed by atoms with Crippen LogP contribution in [0.3, 0.4) is 0 Å². The van der Waals surface area contributed by atoms with Crippen LogP contribution in [0.5, 0.6) is 5.75 Å². The number of sulfonamides is 1. The maximum Gasteiger partial charge on any atom is 0.261 e. The van der Waals surface area contributed by atoms with Crippen LogP contribution < -0.4 is 14.8 Å². The highest BCUT2D eigenvalue weighted by atomic mass is 32.2. The molecule has 3 rings (SSSR count). The number of benzene rings is 2. The molecule has 1 atom stereocenters. The first-order chi connectivity index (χ1) is 12.8. The van der Waals surface area contributed by atoms with Gasteiger partial charge in [0.05, 0.1) is 5.75 Å². The number of nitrogens with one attached hydrogen (secondary N) is 2. The number of para-hydroxylation sites is 1. The predicted octanol–water partition coefficient (Wildman–Crippen LogP) is 2.13. The molecular weight excluding hydrogens is 364 g/mol. The molecular formula is C20H24N2O4S. The normalized spacial score (nSPS) is 16.0. The minimum absolute atomic E-state index is 0.122. The van der Waals surface area contributed by atoms with E-state index in [2.05, 4.69) is 10.0 Å². The number of carbonyl (C=O) groups excluding carboxylic acids is 1. The maximum absolute atomic E-state index is 12.5. The Morgan fingerprint density at radius 1 is 1.11 bits per heavy atom. The minimum Gasteiger partial charge on any atom is -0.480 e. The van der Waals surface area contributed by atoms with Gasteiger partial charge in [0.1, 0.15) is 5.75 Å². The van der Waals surface area contributed by atoms with Crippen molar-refractivity contribution in [1.29, 1.82) is 0 Å². The van der Waals surface area contributed by atoms with Crippen molar-refractivity contribution in [3.05, 3.63) is 65.2 Å². The fourth-order valence-corrected chi connectivity index (χ4v) is 4.59. The van der Waals surface area contributed by atoms with E-state index >= 15 is 0 Å². The number of rotatable bonds is 7. The number of fused-ring (bicyclic) bond motifs is 1. The zero-order chi connectivity index (χ0) is 19.4. The first-order valence-corrected chi connectivity index (χ1v) is 10.6. The van der Waals surface area contributed by atoms with Crippen LogP contribution in [-0.4, -0.2) is 26.5 Å². The lowest BCUT2D eigenvalue weighted by molar-refractivity contribution is -0.127. The zero-order valence-corrected chi connectivity index (χ0v) is 16.3. The number of amides is 1. The molecule has 0 bridgehead atoms. The molecule has 27 heavy (non-hydrogen) atoms. The molecule has 144 valence electrons. The minimum atomic E-state index is -3.43. The molecule has 0 radical (unpaired) electrons. The monoisotopic (exact) mass is 388 g/mol. The molecule has 0 aliphatic carbocycles. The van der Waals surface area contributed by atoms with E-state index in [4.69, 9.17) is 4.74 Å². The molecule has 1 aliphatic heterocycles. The Hall–Kier alpha value is -2.38. The molecule has 1 aliphatic rings. The summed E-state index contributed by atoms with van der Waals surface area (Å²) >= 11 is 0. The fourth-order valence-electron chi connectivity index (χ4n) is 3.10. The van der Waals surface area contributed by atoms with Gasteiger partial charge in [0.25, 0.3) is 5.91 Å². The van der Waals surface area contributed by atoms with Crippen LogP contribution >= 0.6 is 0 Å². The van der Waals surface area contributed by atoms with E-state index in [9.17, 15) is 13.2 Å². The Bertz CT molecular complexity index is 900. The highest BCUT2D eigenvalue weighted by molar-refractivity contribution is 7.88. The number of carbonyl (C=O) groups is 1. The average Bonchev–Trinajstić information content (AvgIpc) is 3.03. The summed E-state index contributed by atoms with van der Waals surface area (Å²) in [4.78, 5) is 12.5. The van der Waals surface area contributed by atoms with Gasteiger partial charge in [0, 0.05) is 19.0 Å². The van der Waals surface area contributed by atoms with E-state index < -0.39 is 16.1 Å². The molecule has 1 amide bonds. The number of hydrogen-bond donors (Lipinski definition) is 2. The molecule has 2 aromatic rings. The second kappa shape index (κ2) is 8.10. The highest BCUT2D eigenvalue weighted by Gasteiger charge is 2.28. The third-order valence-electron chi connectivity index (χ3n) is 4.27. The van der Waals surface area contributed by atoms with Gasteiger partial charge in [-0.05, 0) is 36.6 Å². The zero-order valence-electron chi connectivity index (χ0n) is 15.4. The summed E-state index contributed by atoms with van der Waals surface area (Å²) < 4.78 is 32.7. The van der Waals surface area contributed by atoms with Crippen molar-refractivity contribution >= 4 is 15.9 Å². The lowest BCUT2D eigenvalue weighted by Crippen LogP contribution is -2.37. The van der Waals surface area contributed by atoms with Crippen molar-refractivity contribution in [2.45, 2.75) is 44.7 Å². The van der Waals surface area contributed by atoms with Crippen molar-refractivity contribution in [2.24, 2.45) is 0 Å². The van der Waals surface area contributed by atoms with Gasteiger partial charge in [-0.15, -0.1) is 0 Å². The Morgan fingerprint density at radius 2 is 1.78 bits per heavy atom. The van der Waals surface area contributed by atoms with Crippen molar-refractivity contribution in [1.82, 2.24) is 10.0 Å². The van der Waals surface area contributed by atoms with Crippen molar-refractivity contribution in [3.8, 4) is 5.75 Å². The van der Waals surface area contributed by atoms with E-state index in [1.54, 1.807) is 26.0 Å². The van der Waals surface area contributed by atoms with Gasteiger partial charge in [-0.1, -0.05) is 42.5 Å². The summed E-state index contributed by atoms with van der Waals surface area (Å²) in [6.07, 6.45) is -0.0167.